The lowest BCUT2D eigenvalue weighted by Crippen LogP contribution is -2.63. The minimum absolute atomic E-state index is 0.175. The predicted octanol–water partition coefficient (Wildman–Crippen LogP) is 0.701. The Labute approximate surface area is 224 Å². The van der Waals surface area contributed by atoms with E-state index in [2.05, 4.69) is 9.47 Å². The van der Waals surface area contributed by atoms with Gasteiger partial charge in [-0.3, -0.25) is 19.2 Å². The Balaban J connectivity index is 3.19. The average Bonchev–Trinajstić information content (AvgIpc) is 2.83. The Kier molecular flexibility index (Phi) is 13.8. The summed E-state index contributed by atoms with van der Waals surface area (Å²) < 4.78 is 56.8. The van der Waals surface area contributed by atoms with Gasteiger partial charge in [-0.1, -0.05) is 0 Å². The Morgan fingerprint density at radius 1 is 0.718 bits per heavy atom. The number of carbonyl (C=O) groups is 6. The van der Waals surface area contributed by atoms with E-state index in [0.29, 0.717) is 0 Å². The first-order valence-corrected chi connectivity index (χ1v) is 12.2. The van der Waals surface area contributed by atoms with Crippen LogP contribution in [-0.4, -0.2) is 98.6 Å². The van der Waals surface area contributed by atoms with Crippen LogP contribution in [0.3, 0.4) is 0 Å². The van der Waals surface area contributed by atoms with E-state index in [1.54, 1.807) is 0 Å². The molecule has 14 nitrogen and oxygen atoms in total. The second-order valence-electron chi connectivity index (χ2n) is 8.28. The van der Waals surface area contributed by atoms with Crippen molar-refractivity contribution in [1.82, 2.24) is 0 Å². The fourth-order valence-corrected chi connectivity index (χ4v) is 3.62. The van der Waals surface area contributed by atoms with Crippen molar-refractivity contribution in [3.63, 3.8) is 0 Å². The maximum Gasteiger partial charge on any atom is 0.355 e. The molecule has 39 heavy (non-hydrogen) atoms. The van der Waals surface area contributed by atoms with Crippen molar-refractivity contribution in [2.24, 2.45) is 0 Å². The van der Waals surface area contributed by atoms with Crippen LogP contribution in [0.2, 0.25) is 0 Å². The van der Waals surface area contributed by atoms with Gasteiger partial charge < -0.3 is 37.9 Å². The standard InChI is InChI=1S/C24H35FO14/c1-7-32-22(30)24(25,23(31)33-8-2)10-9-11-34-21-20(38-16(6)29)19(37-15(5)28)18(36-14(4)27)17(39-21)12-35-13(3)26/h17-21H,7-12H2,1-6H3/t17-,18-,19+,20+,21?/m1/s1. The molecule has 0 aromatic rings. The molecule has 1 aliphatic rings. The molecule has 0 N–H and O–H groups in total. The lowest BCUT2D eigenvalue weighted by Gasteiger charge is -2.44. The summed E-state index contributed by atoms with van der Waals surface area (Å²) in [7, 11) is 0. The molecule has 0 radical (unpaired) electrons. The third kappa shape index (κ3) is 10.4. The largest absolute Gasteiger partial charge is 0.463 e. The molecule has 15 heteroatoms. The Bertz CT molecular complexity index is 872. The van der Waals surface area contributed by atoms with E-state index < -0.39 is 85.2 Å². The molecule has 1 unspecified atom stereocenters. The second-order valence-corrected chi connectivity index (χ2v) is 8.28. The van der Waals surface area contributed by atoms with Crippen LogP contribution in [0.25, 0.3) is 0 Å². The van der Waals surface area contributed by atoms with Gasteiger partial charge in [-0.05, 0) is 20.3 Å². The number of rotatable bonds is 14. The number of alkyl halides is 1. The number of esters is 6. The first kappa shape index (κ1) is 33.7. The van der Waals surface area contributed by atoms with Gasteiger partial charge in [-0.15, -0.1) is 0 Å². The quantitative estimate of drug-likeness (QED) is 0.124. The summed E-state index contributed by atoms with van der Waals surface area (Å²) in [6.07, 6.45) is -7.97. The smallest absolute Gasteiger partial charge is 0.355 e. The van der Waals surface area contributed by atoms with E-state index in [0.717, 1.165) is 27.7 Å². The molecule has 0 amide bonds. The summed E-state index contributed by atoms with van der Waals surface area (Å²) in [4.78, 5) is 71.1. The molecule has 0 aromatic carbocycles. The topological polar surface area (TPSA) is 176 Å². The highest BCUT2D eigenvalue weighted by atomic mass is 19.1. The van der Waals surface area contributed by atoms with Gasteiger partial charge in [0.2, 0.25) is 0 Å². The zero-order valence-corrected chi connectivity index (χ0v) is 22.7. The average molecular weight is 567 g/mol. The maximum atomic E-state index is 15.3. The number of ether oxygens (including phenoxy) is 8. The summed E-state index contributed by atoms with van der Waals surface area (Å²) in [5, 5.41) is 0. The number of carbonyl (C=O) groups excluding carboxylic acids is 6. The van der Waals surface area contributed by atoms with Gasteiger partial charge in [0.05, 0.1) is 19.8 Å². The lowest BCUT2D eigenvalue weighted by atomic mass is 9.98. The van der Waals surface area contributed by atoms with Crippen molar-refractivity contribution in [3.8, 4) is 0 Å². The fourth-order valence-electron chi connectivity index (χ4n) is 3.62. The zero-order chi connectivity index (χ0) is 29.8. The first-order valence-electron chi connectivity index (χ1n) is 12.2. The van der Waals surface area contributed by atoms with E-state index in [1.165, 1.54) is 13.8 Å². The minimum atomic E-state index is -3.10. The van der Waals surface area contributed by atoms with Crippen LogP contribution in [-0.2, 0) is 66.7 Å². The van der Waals surface area contributed by atoms with Crippen LogP contribution >= 0.6 is 0 Å². The molecule has 0 aliphatic carbocycles. The summed E-state index contributed by atoms with van der Waals surface area (Å²) in [5.74, 6) is -5.99. The summed E-state index contributed by atoms with van der Waals surface area (Å²) in [6, 6.07) is 0. The summed E-state index contributed by atoms with van der Waals surface area (Å²) in [5.41, 5.74) is -3.10. The van der Waals surface area contributed by atoms with Crippen molar-refractivity contribution in [2.45, 2.75) is 90.8 Å². The van der Waals surface area contributed by atoms with Crippen LogP contribution < -0.4 is 0 Å². The molecule has 1 aliphatic heterocycles. The molecule has 0 saturated carbocycles. The first-order chi connectivity index (χ1) is 18.3. The number of hydrogen-bond acceptors (Lipinski definition) is 14. The molecule has 1 saturated heterocycles. The monoisotopic (exact) mass is 566 g/mol. The SMILES string of the molecule is CCOC(=O)C(F)(CCCOC1O[C@H](COC(C)=O)[C@@H](OC(C)=O)[C@H](OC(C)=O)[C@@H]1OC(C)=O)C(=O)OCC. The number of hydrogen-bond donors (Lipinski definition) is 0. The van der Waals surface area contributed by atoms with Crippen LogP contribution in [0.15, 0.2) is 0 Å². The predicted molar refractivity (Wildman–Crippen MR) is 124 cm³/mol. The molecule has 0 bridgehead atoms. The van der Waals surface area contributed by atoms with Gasteiger partial charge in [0, 0.05) is 34.1 Å². The second kappa shape index (κ2) is 15.9. The third-order valence-corrected chi connectivity index (χ3v) is 5.09. The maximum absolute atomic E-state index is 15.3. The van der Waals surface area contributed by atoms with Crippen LogP contribution in [0.5, 0.6) is 0 Å². The molecular formula is C24H35FO14. The van der Waals surface area contributed by atoms with E-state index in [-0.39, 0.29) is 26.2 Å². The zero-order valence-electron chi connectivity index (χ0n) is 22.7. The Morgan fingerprint density at radius 3 is 1.67 bits per heavy atom. The molecule has 222 valence electrons. The normalized spacial score (nSPS) is 22.7. The summed E-state index contributed by atoms with van der Waals surface area (Å²) >= 11 is 0. The van der Waals surface area contributed by atoms with Gasteiger partial charge in [-0.25, -0.2) is 14.0 Å². The highest BCUT2D eigenvalue weighted by Crippen LogP contribution is 2.30. The van der Waals surface area contributed by atoms with Gasteiger partial charge in [0.25, 0.3) is 0 Å². The van der Waals surface area contributed by atoms with Crippen molar-refractivity contribution in [2.75, 3.05) is 26.4 Å². The van der Waals surface area contributed by atoms with E-state index in [1.807, 2.05) is 0 Å². The van der Waals surface area contributed by atoms with E-state index in [9.17, 15) is 28.8 Å². The molecular weight excluding hydrogens is 531 g/mol. The van der Waals surface area contributed by atoms with Crippen LogP contribution in [0, 0.1) is 0 Å². The fraction of sp³-hybridized carbons (Fsp3) is 0.750. The molecule has 0 aromatic heterocycles. The van der Waals surface area contributed by atoms with Gasteiger partial charge >= 0.3 is 41.5 Å². The van der Waals surface area contributed by atoms with Crippen molar-refractivity contribution in [3.05, 3.63) is 0 Å². The van der Waals surface area contributed by atoms with Crippen molar-refractivity contribution >= 4 is 35.8 Å². The Hall–Kier alpha value is -3.33. The van der Waals surface area contributed by atoms with Crippen molar-refractivity contribution < 1.29 is 71.1 Å². The molecule has 5 atom stereocenters. The lowest BCUT2D eigenvalue weighted by molar-refractivity contribution is -0.308. The van der Waals surface area contributed by atoms with Gasteiger partial charge in [0.15, 0.2) is 24.6 Å². The highest BCUT2D eigenvalue weighted by Gasteiger charge is 2.53. The molecule has 1 heterocycles. The minimum Gasteiger partial charge on any atom is -0.463 e. The molecule has 1 fully saturated rings. The molecule has 1 rings (SSSR count). The van der Waals surface area contributed by atoms with Gasteiger partial charge in [-0.2, -0.15) is 0 Å². The third-order valence-electron chi connectivity index (χ3n) is 5.09. The van der Waals surface area contributed by atoms with E-state index >= 15 is 4.39 Å². The molecule has 0 spiro atoms. The Morgan fingerprint density at radius 2 is 1.21 bits per heavy atom. The van der Waals surface area contributed by atoms with Gasteiger partial charge in [0.1, 0.15) is 12.7 Å². The van der Waals surface area contributed by atoms with Crippen molar-refractivity contribution in [1.29, 1.82) is 0 Å². The number of halogens is 1. The van der Waals surface area contributed by atoms with E-state index in [4.69, 9.17) is 28.4 Å². The van der Waals surface area contributed by atoms with Crippen LogP contribution in [0.4, 0.5) is 4.39 Å². The van der Waals surface area contributed by atoms with Crippen LogP contribution in [0.1, 0.15) is 54.4 Å². The summed E-state index contributed by atoms with van der Waals surface area (Å²) in [6.45, 7) is 6.03. The highest BCUT2D eigenvalue weighted by molar-refractivity contribution is 6.03.